The fourth-order valence-electron chi connectivity index (χ4n) is 3.74. The fourth-order valence-corrected chi connectivity index (χ4v) is 4.71. The molecule has 0 unspecified atom stereocenters. The van der Waals surface area contributed by atoms with Crippen LogP contribution in [0.2, 0.25) is 0 Å². The summed E-state index contributed by atoms with van der Waals surface area (Å²) in [4.78, 5) is 5.89. The highest BCUT2D eigenvalue weighted by Crippen LogP contribution is 2.47. The van der Waals surface area contributed by atoms with Gasteiger partial charge in [-0.1, -0.05) is 20.8 Å². The molecule has 0 atom stereocenters. The normalized spacial score (nSPS) is 27.8. The van der Waals surface area contributed by atoms with Gasteiger partial charge in [0.2, 0.25) is 0 Å². The van der Waals surface area contributed by atoms with Gasteiger partial charge in [0.25, 0.3) is 0 Å². The number of nitrogens with one attached hydrogen (secondary N) is 1. The predicted molar refractivity (Wildman–Crippen MR) is 88.3 cm³/mol. The molecule has 1 aromatic rings. The Hall–Kier alpha value is -0.410. The van der Waals surface area contributed by atoms with Crippen LogP contribution in [-0.4, -0.2) is 18.6 Å². The predicted octanol–water partition coefficient (Wildman–Crippen LogP) is 4.44. The summed E-state index contributed by atoms with van der Waals surface area (Å²) < 4.78 is 0. The number of hydrogen-bond donors (Lipinski definition) is 1. The third-order valence-corrected chi connectivity index (χ3v) is 5.95. The smallest absolute Gasteiger partial charge is 0.0896 e. The van der Waals surface area contributed by atoms with Crippen molar-refractivity contribution in [1.29, 1.82) is 0 Å². The van der Waals surface area contributed by atoms with Crippen LogP contribution in [0.4, 0.5) is 0 Å². The number of thiazole rings is 1. The van der Waals surface area contributed by atoms with Crippen molar-refractivity contribution in [3.8, 4) is 0 Å². The average molecular weight is 295 g/mol. The van der Waals surface area contributed by atoms with E-state index in [1.807, 2.05) is 11.3 Å². The molecule has 1 aromatic heterocycles. The van der Waals surface area contributed by atoms with Gasteiger partial charge in [-0.2, -0.15) is 0 Å². The highest BCUT2D eigenvalue weighted by Gasteiger charge is 2.38. The molecule has 0 amide bonds. The van der Waals surface area contributed by atoms with E-state index >= 15 is 0 Å². The second kappa shape index (κ2) is 6.15. The molecule has 0 aliphatic heterocycles. The van der Waals surface area contributed by atoms with Crippen molar-refractivity contribution in [3.63, 3.8) is 0 Å². The Balaban J connectivity index is 2.05. The SMILES string of the molecule is CNCC1(Cc2cnc(C)s2)CCC(C(C)(C)C)CC1. The van der Waals surface area contributed by atoms with E-state index < -0.39 is 0 Å². The van der Waals surface area contributed by atoms with Crippen LogP contribution in [0.5, 0.6) is 0 Å². The Labute approximate surface area is 128 Å². The average Bonchev–Trinajstić information content (AvgIpc) is 2.74. The van der Waals surface area contributed by atoms with E-state index in [0.29, 0.717) is 10.8 Å². The van der Waals surface area contributed by atoms with Crippen molar-refractivity contribution in [2.24, 2.45) is 16.7 Å². The Bertz CT molecular complexity index is 422. The van der Waals surface area contributed by atoms with Gasteiger partial charge in [0.05, 0.1) is 5.01 Å². The number of hydrogen-bond acceptors (Lipinski definition) is 3. The van der Waals surface area contributed by atoms with Crippen molar-refractivity contribution in [3.05, 3.63) is 16.1 Å². The van der Waals surface area contributed by atoms with Crippen molar-refractivity contribution in [2.75, 3.05) is 13.6 Å². The van der Waals surface area contributed by atoms with Crippen LogP contribution >= 0.6 is 11.3 Å². The minimum atomic E-state index is 0.454. The maximum Gasteiger partial charge on any atom is 0.0896 e. The molecule has 2 nitrogen and oxygen atoms in total. The fraction of sp³-hybridized carbons (Fsp3) is 0.824. The largest absolute Gasteiger partial charge is 0.319 e. The van der Waals surface area contributed by atoms with Gasteiger partial charge < -0.3 is 5.32 Å². The first-order valence-electron chi connectivity index (χ1n) is 7.91. The van der Waals surface area contributed by atoms with Crippen molar-refractivity contribution in [1.82, 2.24) is 10.3 Å². The first-order chi connectivity index (χ1) is 9.35. The van der Waals surface area contributed by atoms with Gasteiger partial charge >= 0.3 is 0 Å². The van der Waals surface area contributed by atoms with E-state index in [2.05, 4.69) is 51.2 Å². The lowest BCUT2D eigenvalue weighted by Gasteiger charge is -2.44. The molecule has 114 valence electrons. The molecular weight excluding hydrogens is 264 g/mol. The zero-order valence-electron chi connectivity index (χ0n) is 13.8. The molecule has 20 heavy (non-hydrogen) atoms. The van der Waals surface area contributed by atoms with Crippen LogP contribution in [-0.2, 0) is 6.42 Å². The number of rotatable bonds is 4. The van der Waals surface area contributed by atoms with Gasteiger partial charge in [0.1, 0.15) is 0 Å². The maximum absolute atomic E-state index is 4.43. The van der Waals surface area contributed by atoms with Gasteiger partial charge in [-0.3, -0.25) is 0 Å². The Morgan fingerprint density at radius 2 is 2.00 bits per heavy atom. The summed E-state index contributed by atoms with van der Waals surface area (Å²) in [6, 6.07) is 0. The topological polar surface area (TPSA) is 24.9 Å². The molecule has 0 aromatic carbocycles. The molecule has 0 radical (unpaired) electrons. The molecule has 1 aliphatic carbocycles. The van der Waals surface area contributed by atoms with Crippen molar-refractivity contribution in [2.45, 2.75) is 59.8 Å². The van der Waals surface area contributed by atoms with E-state index in [4.69, 9.17) is 0 Å². The zero-order valence-corrected chi connectivity index (χ0v) is 14.6. The minimum absolute atomic E-state index is 0.454. The highest BCUT2D eigenvalue weighted by atomic mass is 32.1. The van der Waals surface area contributed by atoms with Gasteiger partial charge in [0, 0.05) is 17.6 Å². The minimum Gasteiger partial charge on any atom is -0.319 e. The van der Waals surface area contributed by atoms with Crippen LogP contribution in [0.15, 0.2) is 6.20 Å². The lowest BCUT2D eigenvalue weighted by Crippen LogP contribution is -2.40. The van der Waals surface area contributed by atoms with Gasteiger partial charge in [-0.15, -0.1) is 11.3 Å². The quantitative estimate of drug-likeness (QED) is 0.888. The zero-order chi connectivity index (χ0) is 14.8. The molecule has 1 heterocycles. The molecule has 0 bridgehead atoms. The molecule has 1 N–H and O–H groups in total. The molecule has 2 rings (SSSR count). The Morgan fingerprint density at radius 3 is 2.45 bits per heavy atom. The first-order valence-corrected chi connectivity index (χ1v) is 8.72. The molecule has 0 spiro atoms. The van der Waals surface area contributed by atoms with Crippen molar-refractivity contribution < 1.29 is 0 Å². The first kappa shape index (κ1) is 16.0. The van der Waals surface area contributed by atoms with Gasteiger partial charge in [-0.05, 0) is 62.8 Å². The van der Waals surface area contributed by atoms with Crippen LogP contribution in [0.25, 0.3) is 0 Å². The van der Waals surface area contributed by atoms with Crippen LogP contribution < -0.4 is 5.32 Å². The van der Waals surface area contributed by atoms with E-state index in [1.165, 1.54) is 42.0 Å². The molecule has 0 saturated heterocycles. The number of nitrogens with zero attached hydrogens (tertiary/aromatic N) is 1. The van der Waals surface area contributed by atoms with E-state index in [1.54, 1.807) is 0 Å². The Kier molecular flexibility index (Phi) is 4.91. The van der Waals surface area contributed by atoms with Crippen LogP contribution in [0.3, 0.4) is 0 Å². The summed E-state index contributed by atoms with van der Waals surface area (Å²) in [6.07, 6.45) is 8.76. The van der Waals surface area contributed by atoms with E-state index in [0.717, 1.165) is 12.5 Å². The summed E-state index contributed by atoms with van der Waals surface area (Å²) >= 11 is 1.87. The monoisotopic (exact) mass is 294 g/mol. The van der Waals surface area contributed by atoms with E-state index in [-0.39, 0.29) is 0 Å². The third kappa shape index (κ3) is 3.82. The summed E-state index contributed by atoms with van der Waals surface area (Å²) in [5.41, 5.74) is 0.919. The second-order valence-electron chi connectivity index (χ2n) is 7.69. The highest BCUT2D eigenvalue weighted by molar-refractivity contribution is 7.11. The lowest BCUT2D eigenvalue weighted by molar-refractivity contribution is 0.0882. The number of aryl methyl sites for hydroxylation is 1. The second-order valence-corrected chi connectivity index (χ2v) is 9.01. The molecular formula is C17H30N2S. The molecule has 1 fully saturated rings. The maximum atomic E-state index is 4.43. The number of aromatic nitrogens is 1. The Morgan fingerprint density at radius 1 is 1.35 bits per heavy atom. The lowest BCUT2D eigenvalue weighted by atomic mass is 9.63. The third-order valence-electron chi connectivity index (χ3n) is 5.04. The van der Waals surface area contributed by atoms with Crippen LogP contribution in [0, 0.1) is 23.7 Å². The summed E-state index contributed by atoms with van der Waals surface area (Å²) in [6.45, 7) is 10.4. The summed E-state index contributed by atoms with van der Waals surface area (Å²) in [5.74, 6) is 0.885. The molecule has 3 heteroatoms. The van der Waals surface area contributed by atoms with Gasteiger partial charge in [0.15, 0.2) is 0 Å². The van der Waals surface area contributed by atoms with Crippen molar-refractivity contribution >= 4 is 11.3 Å². The molecule has 1 aliphatic rings. The standard InChI is InChI=1S/C17H30N2S/c1-13-19-11-15(20-13)10-17(12-18-5)8-6-14(7-9-17)16(2,3)4/h11,14,18H,6-10,12H2,1-5H3. The summed E-state index contributed by atoms with van der Waals surface area (Å²) in [5, 5.41) is 4.64. The van der Waals surface area contributed by atoms with Crippen LogP contribution in [0.1, 0.15) is 56.3 Å². The summed E-state index contributed by atoms with van der Waals surface area (Å²) in [7, 11) is 2.09. The van der Waals surface area contributed by atoms with E-state index in [9.17, 15) is 0 Å². The molecule has 1 saturated carbocycles. The van der Waals surface area contributed by atoms with Gasteiger partial charge in [-0.25, -0.2) is 4.98 Å².